The van der Waals surface area contributed by atoms with E-state index in [0.29, 0.717) is 42.3 Å². The van der Waals surface area contributed by atoms with Gasteiger partial charge in [0.15, 0.2) is 0 Å². The number of rotatable bonds is 2. The van der Waals surface area contributed by atoms with E-state index in [1.54, 1.807) is 29.2 Å². The first-order valence-electron chi connectivity index (χ1n) is 9.37. The summed E-state index contributed by atoms with van der Waals surface area (Å²) >= 11 is 5.89. The van der Waals surface area contributed by atoms with Crippen molar-refractivity contribution in [1.82, 2.24) is 14.8 Å². The summed E-state index contributed by atoms with van der Waals surface area (Å²) in [7, 11) is 0. The third-order valence-corrected chi connectivity index (χ3v) is 5.75. The Balaban J connectivity index is 1.44. The SMILES string of the molecule is Cc1[nH]c2ccc(C(=O)N3CCN(C(=O)c4ccc(Cl)cc4)CC3)cc2c1C. The number of carbonyl (C=O) groups is 2. The Hall–Kier alpha value is -2.79. The van der Waals surface area contributed by atoms with Crippen molar-refractivity contribution in [2.24, 2.45) is 0 Å². The number of halogens is 1. The molecule has 6 heteroatoms. The predicted molar refractivity (Wildman–Crippen MR) is 111 cm³/mol. The standard InChI is InChI=1S/C22H22ClN3O2/c1-14-15(2)24-20-8-5-17(13-19(14)20)22(28)26-11-9-25(10-12-26)21(27)16-3-6-18(23)7-4-16/h3-8,13,24H,9-12H2,1-2H3. The van der Waals surface area contributed by atoms with Crippen molar-refractivity contribution in [3.8, 4) is 0 Å². The molecule has 1 aliphatic rings. The Kier molecular flexibility index (Phi) is 4.85. The number of nitrogens with one attached hydrogen (secondary N) is 1. The van der Waals surface area contributed by atoms with Gasteiger partial charge in [0.1, 0.15) is 0 Å². The summed E-state index contributed by atoms with van der Waals surface area (Å²) in [5.41, 5.74) is 4.64. The van der Waals surface area contributed by atoms with E-state index in [4.69, 9.17) is 11.6 Å². The molecule has 1 saturated heterocycles. The normalized spacial score (nSPS) is 14.5. The molecule has 3 aromatic rings. The lowest BCUT2D eigenvalue weighted by atomic mass is 10.1. The minimum atomic E-state index is -0.0244. The van der Waals surface area contributed by atoms with Crippen LogP contribution in [0.5, 0.6) is 0 Å². The van der Waals surface area contributed by atoms with Gasteiger partial charge in [-0.1, -0.05) is 11.6 Å². The first-order chi connectivity index (χ1) is 13.4. The smallest absolute Gasteiger partial charge is 0.253 e. The van der Waals surface area contributed by atoms with Gasteiger partial charge in [0.05, 0.1) is 0 Å². The first-order valence-corrected chi connectivity index (χ1v) is 9.75. The fourth-order valence-electron chi connectivity index (χ4n) is 3.66. The second-order valence-corrected chi connectivity index (χ2v) is 7.66. The number of hydrogen-bond donors (Lipinski definition) is 1. The summed E-state index contributed by atoms with van der Waals surface area (Å²) in [6.07, 6.45) is 0. The van der Waals surface area contributed by atoms with Crippen molar-refractivity contribution in [2.75, 3.05) is 26.2 Å². The van der Waals surface area contributed by atoms with Gasteiger partial charge >= 0.3 is 0 Å². The Morgan fingerprint density at radius 3 is 2.00 bits per heavy atom. The molecule has 0 aliphatic carbocycles. The fraction of sp³-hybridized carbons (Fsp3) is 0.273. The molecule has 0 bridgehead atoms. The Labute approximate surface area is 168 Å². The zero-order valence-electron chi connectivity index (χ0n) is 16.0. The molecule has 0 saturated carbocycles. The third kappa shape index (κ3) is 3.38. The quantitative estimate of drug-likeness (QED) is 0.712. The van der Waals surface area contributed by atoms with Crippen LogP contribution in [0.25, 0.3) is 10.9 Å². The highest BCUT2D eigenvalue weighted by Gasteiger charge is 2.25. The second kappa shape index (κ2) is 7.32. The van der Waals surface area contributed by atoms with Crippen LogP contribution in [0.2, 0.25) is 5.02 Å². The van der Waals surface area contributed by atoms with Crippen molar-refractivity contribution in [1.29, 1.82) is 0 Å². The van der Waals surface area contributed by atoms with Crippen molar-refractivity contribution in [3.63, 3.8) is 0 Å². The van der Waals surface area contributed by atoms with E-state index in [-0.39, 0.29) is 11.8 Å². The van der Waals surface area contributed by atoms with Gasteiger partial charge in [-0.25, -0.2) is 0 Å². The van der Waals surface area contributed by atoms with E-state index >= 15 is 0 Å². The molecule has 4 rings (SSSR count). The summed E-state index contributed by atoms with van der Waals surface area (Å²) in [4.78, 5) is 32.5. The van der Waals surface area contributed by atoms with Crippen LogP contribution in [0.4, 0.5) is 0 Å². The van der Waals surface area contributed by atoms with Crippen LogP contribution in [0.1, 0.15) is 32.0 Å². The maximum atomic E-state index is 12.9. The molecule has 1 aromatic heterocycles. The van der Waals surface area contributed by atoms with E-state index < -0.39 is 0 Å². The molecule has 1 N–H and O–H groups in total. The molecular weight excluding hydrogens is 374 g/mol. The lowest BCUT2D eigenvalue weighted by Gasteiger charge is -2.35. The number of hydrogen-bond acceptors (Lipinski definition) is 2. The molecule has 144 valence electrons. The highest BCUT2D eigenvalue weighted by molar-refractivity contribution is 6.30. The number of piperazine rings is 1. The van der Waals surface area contributed by atoms with Gasteiger partial charge < -0.3 is 14.8 Å². The molecule has 5 nitrogen and oxygen atoms in total. The largest absolute Gasteiger partial charge is 0.358 e. The molecule has 28 heavy (non-hydrogen) atoms. The molecule has 0 atom stereocenters. The fourth-order valence-corrected chi connectivity index (χ4v) is 3.79. The van der Waals surface area contributed by atoms with E-state index in [1.165, 1.54) is 5.56 Å². The van der Waals surface area contributed by atoms with Crippen LogP contribution in [-0.2, 0) is 0 Å². The van der Waals surface area contributed by atoms with Gasteiger partial charge in [-0.3, -0.25) is 9.59 Å². The lowest BCUT2D eigenvalue weighted by molar-refractivity contribution is 0.0535. The number of fused-ring (bicyclic) bond motifs is 1. The van der Waals surface area contributed by atoms with Gasteiger partial charge in [-0.15, -0.1) is 0 Å². The number of benzene rings is 2. The van der Waals surface area contributed by atoms with Crippen LogP contribution in [0.15, 0.2) is 42.5 Å². The van der Waals surface area contributed by atoms with Crippen LogP contribution in [-0.4, -0.2) is 52.8 Å². The molecule has 2 amide bonds. The van der Waals surface area contributed by atoms with Crippen LogP contribution < -0.4 is 0 Å². The Morgan fingerprint density at radius 2 is 1.39 bits per heavy atom. The zero-order valence-corrected chi connectivity index (χ0v) is 16.7. The van der Waals surface area contributed by atoms with E-state index in [2.05, 4.69) is 11.9 Å². The number of aromatic nitrogens is 1. The number of carbonyl (C=O) groups excluding carboxylic acids is 2. The number of aromatic amines is 1. The molecule has 0 unspecified atom stereocenters. The van der Waals surface area contributed by atoms with E-state index in [0.717, 1.165) is 16.6 Å². The minimum Gasteiger partial charge on any atom is -0.358 e. The zero-order chi connectivity index (χ0) is 19.8. The molecule has 0 radical (unpaired) electrons. The van der Waals surface area contributed by atoms with E-state index in [1.807, 2.05) is 30.0 Å². The number of aryl methyl sites for hydroxylation is 2. The lowest BCUT2D eigenvalue weighted by Crippen LogP contribution is -2.50. The van der Waals surface area contributed by atoms with Crippen molar-refractivity contribution in [2.45, 2.75) is 13.8 Å². The summed E-state index contributed by atoms with van der Waals surface area (Å²) in [5.74, 6) is -0.0117. The number of nitrogens with zero attached hydrogens (tertiary/aromatic N) is 2. The maximum Gasteiger partial charge on any atom is 0.253 e. The molecule has 2 heterocycles. The Bertz CT molecular complexity index is 1050. The maximum absolute atomic E-state index is 12.9. The van der Waals surface area contributed by atoms with Crippen molar-refractivity contribution >= 4 is 34.3 Å². The van der Waals surface area contributed by atoms with Gasteiger partial charge in [0.25, 0.3) is 11.8 Å². The van der Waals surface area contributed by atoms with Crippen molar-refractivity contribution in [3.05, 3.63) is 69.9 Å². The average Bonchev–Trinajstić information content (AvgIpc) is 3.01. The molecular formula is C22H22ClN3O2. The van der Waals surface area contributed by atoms with E-state index in [9.17, 15) is 9.59 Å². The van der Waals surface area contributed by atoms with Gasteiger partial charge in [-0.05, 0) is 61.9 Å². The van der Waals surface area contributed by atoms with Crippen molar-refractivity contribution < 1.29 is 9.59 Å². The molecule has 1 aliphatic heterocycles. The van der Waals surface area contributed by atoms with Gasteiger partial charge in [0.2, 0.25) is 0 Å². The minimum absolute atomic E-state index is 0.0127. The summed E-state index contributed by atoms with van der Waals surface area (Å²) in [6, 6.07) is 12.7. The molecule has 0 spiro atoms. The number of amides is 2. The van der Waals surface area contributed by atoms with Crippen LogP contribution in [0, 0.1) is 13.8 Å². The van der Waals surface area contributed by atoms with Gasteiger partial charge in [-0.2, -0.15) is 0 Å². The van der Waals surface area contributed by atoms with Gasteiger partial charge in [0, 0.05) is 58.9 Å². The highest BCUT2D eigenvalue weighted by atomic mass is 35.5. The summed E-state index contributed by atoms with van der Waals surface area (Å²) in [5, 5.41) is 1.69. The first kappa shape index (κ1) is 18.6. The summed E-state index contributed by atoms with van der Waals surface area (Å²) in [6.45, 7) is 6.20. The Morgan fingerprint density at radius 1 is 0.857 bits per heavy atom. The predicted octanol–water partition coefficient (Wildman–Crippen LogP) is 4.04. The van der Waals surface area contributed by atoms with Crippen LogP contribution in [0.3, 0.4) is 0 Å². The number of H-pyrrole nitrogens is 1. The highest BCUT2D eigenvalue weighted by Crippen LogP contribution is 2.23. The molecule has 1 fully saturated rings. The topological polar surface area (TPSA) is 56.4 Å². The van der Waals surface area contributed by atoms with Crippen LogP contribution >= 0.6 is 11.6 Å². The third-order valence-electron chi connectivity index (χ3n) is 5.50. The second-order valence-electron chi connectivity index (χ2n) is 7.23. The molecule has 2 aromatic carbocycles. The average molecular weight is 396 g/mol. The monoisotopic (exact) mass is 395 g/mol. The summed E-state index contributed by atoms with van der Waals surface area (Å²) < 4.78 is 0.